The lowest BCUT2D eigenvalue weighted by atomic mass is 10.2. The smallest absolute Gasteiger partial charge is 0.251 e. The molecule has 4 nitrogen and oxygen atoms in total. The first-order valence-electron chi connectivity index (χ1n) is 6.77. The number of rotatable bonds is 4. The van der Waals surface area contributed by atoms with Gasteiger partial charge in [-0.15, -0.1) is 0 Å². The van der Waals surface area contributed by atoms with Crippen LogP contribution in [0.25, 0.3) is 5.65 Å². The van der Waals surface area contributed by atoms with Crippen LogP contribution in [-0.2, 0) is 6.42 Å². The highest BCUT2D eigenvalue weighted by molar-refractivity contribution is 7.99. The van der Waals surface area contributed by atoms with Crippen LogP contribution in [0.3, 0.4) is 0 Å². The molecule has 0 saturated heterocycles. The zero-order valence-electron chi connectivity index (χ0n) is 11.7. The van der Waals surface area contributed by atoms with E-state index < -0.39 is 0 Å². The van der Waals surface area contributed by atoms with E-state index in [4.69, 9.17) is 0 Å². The minimum atomic E-state index is -0.272. The van der Waals surface area contributed by atoms with E-state index >= 15 is 0 Å². The molecule has 0 N–H and O–H groups in total. The van der Waals surface area contributed by atoms with E-state index in [0.29, 0.717) is 10.8 Å². The predicted molar refractivity (Wildman–Crippen MR) is 84.9 cm³/mol. The van der Waals surface area contributed by atoms with Gasteiger partial charge in [0.1, 0.15) is 5.65 Å². The summed E-state index contributed by atoms with van der Waals surface area (Å²) in [5.41, 5.74) is 2.66. The van der Waals surface area contributed by atoms with Crippen LogP contribution in [0.4, 0.5) is 0 Å². The molecule has 2 heterocycles. The Bertz CT molecular complexity index is 815. The van der Waals surface area contributed by atoms with Crippen molar-refractivity contribution in [2.75, 3.05) is 5.75 Å². The van der Waals surface area contributed by atoms with E-state index in [1.807, 2.05) is 37.3 Å². The molecule has 0 unspecified atom stereocenters. The molecule has 2 aromatic heterocycles. The van der Waals surface area contributed by atoms with Gasteiger partial charge < -0.3 is 0 Å². The number of pyridine rings is 1. The summed E-state index contributed by atoms with van der Waals surface area (Å²) in [5.74, 6) is 0.853. The van der Waals surface area contributed by atoms with E-state index in [0.717, 1.165) is 17.7 Å². The van der Waals surface area contributed by atoms with Crippen LogP contribution in [0.1, 0.15) is 11.1 Å². The highest BCUT2D eigenvalue weighted by atomic mass is 32.2. The van der Waals surface area contributed by atoms with Crippen molar-refractivity contribution in [2.45, 2.75) is 18.5 Å². The second-order valence-corrected chi connectivity index (χ2v) is 5.82. The van der Waals surface area contributed by atoms with Crippen LogP contribution in [0.15, 0.2) is 58.6 Å². The van der Waals surface area contributed by atoms with Gasteiger partial charge in [-0.05, 0) is 30.5 Å². The molecule has 0 aliphatic heterocycles. The molecule has 0 bridgehead atoms. The number of fused-ring (bicyclic) bond motifs is 1. The van der Waals surface area contributed by atoms with E-state index in [2.05, 4.69) is 22.1 Å². The standard InChI is InChI=1S/C16H15N3OS/c1-12-6-5-10-19-14(12)17-15(18-16(19)20)21-11-9-13-7-3-2-4-8-13/h2-8,10H,9,11H2,1H3. The van der Waals surface area contributed by atoms with Gasteiger partial charge in [-0.3, -0.25) is 4.40 Å². The minimum Gasteiger partial charge on any atom is -0.251 e. The Morgan fingerprint density at radius 1 is 1.10 bits per heavy atom. The molecule has 0 atom stereocenters. The largest absolute Gasteiger partial charge is 0.355 e. The number of benzene rings is 1. The topological polar surface area (TPSA) is 47.3 Å². The monoisotopic (exact) mass is 297 g/mol. The molecule has 0 saturated carbocycles. The maximum absolute atomic E-state index is 12.0. The van der Waals surface area contributed by atoms with E-state index in [1.165, 1.54) is 21.7 Å². The molecule has 0 spiro atoms. The van der Waals surface area contributed by atoms with Gasteiger partial charge in [0.2, 0.25) is 0 Å². The van der Waals surface area contributed by atoms with E-state index in [1.54, 1.807) is 6.20 Å². The highest BCUT2D eigenvalue weighted by Crippen LogP contribution is 2.15. The maximum Gasteiger partial charge on any atom is 0.355 e. The lowest BCUT2D eigenvalue weighted by molar-refractivity contribution is 0.842. The Labute approximate surface area is 126 Å². The zero-order valence-corrected chi connectivity index (χ0v) is 12.5. The Kier molecular flexibility index (Phi) is 4.01. The van der Waals surface area contributed by atoms with Crippen molar-refractivity contribution in [1.82, 2.24) is 14.4 Å². The third kappa shape index (κ3) is 3.13. The van der Waals surface area contributed by atoms with Crippen molar-refractivity contribution >= 4 is 17.4 Å². The molecule has 5 heteroatoms. The van der Waals surface area contributed by atoms with Crippen LogP contribution in [-0.4, -0.2) is 20.1 Å². The molecule has 3 rings (SSSR count). The molecule has 3 aromatic rings. The van der Waals surface area contributed by atoms with Crippen molar-refractivity contribution in [3.63, 3.8) is 0 Å². The molecule has 0 radical (unpaired) electrons. The van der Waals surface area contributed by atoms with Gasteiger partial charge in [0, 0.05) is 11.9 Å². The molecule has 1 aromatic carbocycles. The van der Waals surface area contributed by atoms with Gasteiger partial charge in [-0.25, -0.2) is 9.78 Å². The van der Waals surface area contributed by atoms with Crippen molar-refractivity contribution in [2.24, 2.45) is 0 Å². The Morgan fingerprint density at radius 2 is 1.90 bits per heavy atom. The van der Waals surface area contributed by atoms with Crippen LogP contribution >= 0.6 is 11.8 Å². The lowest BCUT2D eigenvalue weighted by Crippen LogP contribution is -2.19. The normalized spacial score (nSPS) is 10.9. The van der Waals surface area contributed by atoms with Gasteiger partial charge in [-0.1, -0.05) is 48.2 Å². The fourth-order valence-electron chi connectivity index (χ4n) is 2.13. The summed E-state index contributed by atoms with van der Waals surface area (Å²) in [6.45, 7) is 1.94. The number of nitrogens with zero attached hydrogens (tertiary/aromatic N) is 3. The summed E-state index contributed by atoms with van der Waals surface area (Å²) in [5, 5.41) is 0.547. The van der Waals surface area contributed by atoms with Crippen molar-refractivity contribution in [3.8, 4) is 0 Å². The van der Waals surface area contributed by atoms with Crippen LogP contribution < -0.4 is 5.69 Å². The molecular weight excluding hydrogens is 282 g/mol. The molecular formula is C16H15N3OS. The zero-order chi connectivity index (χ0) is 14.7. The average molecular weight is 297 g/mol. The maximum atomic E-state index is 12.0. The average Bonchev–Trinajstić information content (AvgIpc) is 2.50. The van der Waals surface area contributed by atoms with E-state index in [-0.39, 0.29) is 5.69 Å². The molecule has 0 aliphatic carbocycles. The fraction of sp³-hybridized carbons (Fsp3) is 0.188. The SMILES string of the molecule is Cc1cccn2c(=O)nc(SCCc3ccccc3)nc12. The summed E-state index contributed by atoms with van der Waals surface area (Å²) >= 11 is 1.52. The summed E-state index contributed by atoms with van der Waals surface area (Å²) in [6, 6.07) is 14.0. The second-order valence-electron chi connectivity index (χ2n) is 4.76. The van der Waals surface area contributed by atoms with Crippen molar-refractivity contribution in [3.05, 3.63) is 70.3 Å². The van der Waals surface area contributed by atoms with Crippen LogP contribution in [0, 0.1) is 6.92 Å². The van der Waals surface area contributed by atoms with Gasteiger partial charge >= 0.3 is 5.69 Å². The number of aryl methyl sites for hydroxylation is 2. The first-order valence-corrected chi connectivity index (χ1v) is 7.75. The number of aromatic nitrogens is 3. The second kappa shape index (κ2) is 6.10. The fourth-order valence-corrected chi connectivity index (χ4v) is 2.94. The molecule has 0 fully saturated rings. The molecule has 106 valence electrons. The molecule has 21 heavy (non-hydrogen) atoms. The minimum absolute atomic E-state index is 0.272. The van der Waals surface area contributed by atoms with Crippen molar-refractivity contribution in [1.29, 1.82) is 0 Å². The van der Waals surface area contributed by atoms with Crippen molar-refractivity contribution < 1.29 is 0 Å². The molecule has 0 aliphatic rings. The summed E-state index contributed by atoms with van der Waals surface area (Å²) in [6.07, 6.45) is 2.63. The van der Waals surface area contributed by atoms with Gasteiger partial charge in [0.25, 0.3) is 0 Å². The summed E-state index contributed by atoms with van der Waals surface area (Å²) in [4.78, 5) is 20.5. The van der Waals surface area contributed by atoms with Gasteiger partial charge in [-0.2, -0.15) is 4.98 Å². The number of hydrogen-bond acceptors (Lipinski definition) is 4. The number of hydrogen-bond donors (Lipinski definition) is 0. The summed E-state index contributed by atoms with van der Waals surface area (Å²) in [7, 11) is 0. The lowest BCUT2D eigenvalue weighted by Gasteiger charge is -2.05. The Morgan fingerprint density at radius 3 is 2.71 bits per heavy atom. The Balaban J connectivity index is 1.79. The van der Waals surface area contributed by atoms with Crippen LogP contribution in [0.2, 0.25) is 0 Å². The van der Waals surface area contributed by atoms with E-state index in [9.17, 15) is 4.79 Å². The third-order valence-electron chi connectivity index (χ3n) is 3.23. The van der Waals surface area contributed by atoms with Crippen LogP contribution in [0.5, 0.6) is 0 Å². The summed E-state index contributed by atoms with van der Waals surface area (Å²) < 4.78 is 1.48. The molecule has 0 amide bonds. The predicted octanol–water partition coefficient (Wildman–Crippen LogP) is 2.73. The Hall–Kier alpha value is -2.14. The first-order chi connectivity index (χ1) is 10.2. The highest BCUT2D eigenvalue weighted by Gasteiger charge is 2.06. The first kappa shape index (κ1) is 13.8. The van der Waals surface area contributed by atoms with Gasteiger partial charge in [0.15, 0.2) is 5.16 Å². The number of thioether (sulfide) groups is 1. The quantitative estimate of drug-likeness (QED) is 0.695. The third-order valence-corrected chi connectivity index (χ3v) is 4.07. The van der Waals surface area contributed by atoms with Gasteiger partial charge in [0.05, 0.1) is 0 Å².